The van der Waals surface area contributed by atoms with Gasteiger partial charge in [-0.15, -0.1) is 0 Å². The molecule has 2 aliphatic rings. The smallest absolute Gasteiger partial charge is 0.266 e. The Kier molecular flexibility index (Phi) is 4.54. The van der Waals surface area contributed by atoms with Gasteiger partial charge in [0.05, 0.1) is 17.8 Å². The summed E-state index contributed by atoms with van der Waals surface area (Å²) in [6.45, 7) is 1.81. The molecule has 2 aromatic rings. The minimum absolute atomic E-state index is 0.0407. The number of carbonyl (C=O) groups excluding carboxylic acids is 2. The summed E-state index contributed by atoms with van der Waals surface area (Å²) in [4.78, 5) is 36.3. The zero-order chi connectivity index (χ0) is 19.8. The van der Waals surface area contributed by atoms with E-state index in [4.69, 9.17) is 0 Å². The van der Waals surface area contributed by atoms with E-state index in [2.05, 4.69) is 15.5 Å². The van der Waals surface area contributed by atoms with Crippen LogP contribution in [0.3, 0.4) is 0 Å². The molecule has 1 atom stereocenters. The van der Waals surface area contributed by atoms with Gasteiger partial charge in [-0.05, 0) is 56.0 Å². The molecule has 1 unspecified atom stereocenters. The maximum absolute atomic E-state index is 12.6. The van der Waals surface area contributed by atoms with Crippen LogP contribution >= 0.6 is 0 Å². The van der Waals surface area contributed by atoms with Crippen molar-refractivity contribution >= 4 is 23.2 Å². The minimum atomic E-state index is -0.177. The van der Waals surface area contributed by atoms with E-state index in [0.717, 1.165) is 29.8 Å². The second-order valence-corrected chi connectivity index (χ2v) is 7.26. The molecule has 2 heterocycles. The van der Waals surface area contributed by atoms with Crippen LogP contribution in [0.4, 0.5) is 5.69 Å². The normalized spacial score (nSPS) is 18.6. The van der Waals surface area contributed by atoms with Crippen molar-refractivity contribution in [1.29, 1.82) is 0 Å². The number of anilines is 1. The molecule has 1 N–H and O–H groups in total. The lowest BCUT2D eigenvalue weighted by Gasteiger charge is -2.25. The molecule has 28 heavy (non-hydrogen) atoms. The predicted octanol–water partition coefficient (Wildman–Crippen LogP) is 1.18. The standard InChI is InChI=1S/C20H21N5O3/c1-12-9-19(27)25(22-12)16-6-3-13(4-7-16)20(28)21-15-5-8-17-14(10-15)11-18(26)24(2)23-17/h3-4,6-7,11,15H,5,8-10H2,1-2H3,(H,21,28). The van der Waals surface area contributed by atoms with Gasteiger partial charge in [-0.3, -0.25) is 14.4 Å². The van der Waals surface area contributed by atoms with Gasteiger partial charge in [0, 0.05) is 30.4 Å². The van der Waals surface area contributed by atoms with Crippen molar-refractivity contribution in [2.24, 2.45) is 12.1 Å². The number of hydrazone groups is 1. The zero-order valence-electron chi connectivity index (χ0n) is 15.8. The van der Waals surface area contributed by atoms with Crippen molar-refractivity contribution in [3.63, 3.8) is 0 Å². The Balaban J connectivity index is 1.43. The molecule has 1 aliphatic carbocycles. The quantitative estimate of drug-likeness (QED) is 0.866. The maximum atomic E-state index is 12.6. The highest BCUT2D eigenvalue weighted by molar-refractivity contribution is 6.12. The number of fused-ring (bicyclic) bond motifs is 1. The second-order valence-electron chi connectivity index (χ2n) is 7.26. The molecule has 0 radical (unpaired) electrons. The first kappa shape index (κ1) is 18.1. The van der Waals surface area contributed by atoms with E-state index >= 15 is 0 Å². The van der Waals surface area contributed by atoms with Crippen molar-refractivity contribution in [2.75, 3.05) is 5.01 Å². The van der Waals surface area contributed by atoms with Gasteiger partial charge in [0.15, 0.2) is 0 Å². The van der Waals surface area contributed by atoms with Gasteiger partial charge in [-0.2, -0.15) is 10.2 Å². The lowest BCUT2D eigenvalue weighted by molar-refractivity contribution is -0.116. The van der Waals surface area contributed by atoms with Gasteiger partial charge in [-0.25, -0.2) is 9.69 Å². The fraction of sp³-hybridized carbons (Fsp3) is 0.350. The summed E-state index contributed by atoms with van der Waals surface area (Å²) in [6, 6.07) is 8.38. The number of nitrogens with zero attached hydrogens (tertiary/aromatic N) is 4. The van der Waals surface area contributed by atoms with Crippen LogP contribution in [0.2, 0.25) is 0 Å². The van der Waals surface area contributed by atoms with E-state index in [1.54, 1.807) is 37.4 Å². The third-order valence-corrected chi connectivity index (χ3v) is 5.08. The second kappa shape index (κ2) is 7.03. The zero-order valence-corrected chi connectivity index (χ0v) is 15.8. The van der Waals surface area contributed by atoms with Crippen LogP contribution in [0.25, 0.3) is 0 Å². The Labute approximate surface area is 161 Å². The van der Waals surface area contributed by atoms with Crippen LogP contribution in [-0.4, -0.2) is 33.3 Å². The number of nitrogens with one attached hydrogen (secondary N) is 1. The van der Waals surface area contributed by atoms with Crippen molar-refractivity contribution in [2.45, 2.75) is 38.6 Å². The van der Waals surface area contributed by atoms with Gasteiger partial charge in [0.2, 0.25) is 0 Å². The fourth-order valence-corrected chi connectivity index (χ4v) is 3.59. The van der Waals surface area contributed by atoms with Crippen molar-refractivity contribution in [1.82, 2.24) is 15.1 Å². The summed E-state index contributed by atoms with van der Waals surface area (Å²) in [5.41, 5.74) is 3.61. The summed E-state index contributed by atoms with van der Waals surface area (Å²) in [5, 5.41) is 12.9. The van der Waals surface area contributed by atoms with Crippen molar-refractivity contribution in [3.05, 3.63) is 57.5 Å². The molecule has 144 valence electrons. The van der Waals surface area contributed by atoms with Crippen LogP contribution in [-0.2, 0) is 24.7 Å². The molecule has 0 saturated heterocycles. The lowest BCUT2D eigenvalue weighted by Crippen LogP contribution is -2.40. The van der Waals surface area contributed by atoms with E-state index in [1.807, 2.05) is 6.92 Å². The van der Waals surface area contributed by atoms with E-state index < -0.39 is 0 Å². The number of hydrogen-bond acceptors (Lipinski definition) is 5. The first-order chi connectivity index (χ1) is 13.4. The van der Waals surface area contributed by atoms with E-state index in [1.165, 1.54) is 9.69 Å². The number of aromatic nitrogens is 2. The summed E-state index contributed by atoms with van der Waals surface area (Å²) in [5.74, 6) is -0.250. The molecule has 0 fully saturated rings. The molecule has 0 saturated carbocycles. The summed E-state index contributed by atoms with van der Waals surface area (Å²) < 4.78 is 1.34. The minimum Gasteiger partial charge on any atom is -0.349 e. The van der Waals surface area contributed by atoms with Crippen LogP contribution in [0.1, 0.15) is 41.4 Å². The largest absolute Gasteiger partial charge is 0.349 e. The number of aryl methyl sites for hydroxylation is 2. The predicted molar refractivity (Wildman–Crippen MR) is 104 cm³/mol. The van der Waals surface area contributed by atoms with Crippen molar-refractivity contribution < 1.29 is 9.59 Å². The van der Waals surface area contributed by atoms with Crippen LogP contribution in [0.5, 0.6) is 0 Å². The van der Waals surface area contributed by atoms with Gasteiger partial charge in [0.1, 0.15) is 0 Å². The molecule has 0 bridgehead atoms. The highest BCUT2D eigenvalue weighted by Crippen LogP contribution is 2.22. The van der Waals surface area contributed by atoms with E-state index in [9.17, 15) is 14.4 Å². The fourth-order valence-electron chi connectivity index (χ4n) is 3.59. The van der Waals surface area contributed by atoms with E-state index in [0.29, 0.717) is 24.1 Å². The average Bonchev–Trinajstić information content (AvgIpc) is 3.01. The number of carbonyl (C=O) groups is 2. The highest BCUT2D eigenvalue weighted by atomic mass is 16.2. The molecule has 8 nitrogen and oxygen atoms in total. The molecule has 4 rings (SSSR count). The SMILES string of the molecule is CC1=NN(c2ccc(C(=O)NC3CCc4nn(C)c(=O)cc4C3)cc2)C(=O)C1. The molecule has 1 aliphatic heterocycles. The highest BCUT2D eigenvalue weighted by Gasteiger charge is 2.24. The number of amides is 2. The Morgan fingerprint density at radius 3 is 2.64 bits per heavy atom. The molecule has 2 amide bonds. The lowest BCUT2D eigenvalue weighted by atomic mass is 9.92. The van der Waals surface area contributed by atoms with Gasteiger partial charge < -0.3 is 5.32 Å². The first-order valence-electron chi connectivity index (χ1n) is 9.25. The summed E-state index contributed by atoms with van der Waals surface area (Å²) in [7, 11) is 1.64. The molecular weight excluding hydrogens is 358 g/mol. The molecule has 1 aromatic heterocycles. The van der Waals surface area contributed by atoms with Gasteiger partial charge in [0.25, 0.3) is 17.4 Å². The first-order valence-corrected chi connectivity index (χ1v) is 9.25. The average molecular weight is 379 g/mol. The number of rotatable bonds is 3. The Bertz CT molecular complexity index is 1040. The summed E-state index contributed by atoms with van der Waals surface area (Å²) in [6.07, 6.45) is 2.42. The van der Waals surface area contributed by atoms with Gasteiger partial charge in [-0.1, -0.05) is 0 Å². The molecular formula is C20H21N5O3. The third kappa shape index (κ3) is 3.45. The Morgan fingerprint density at radius 1 is 1.21 bits per heavy atom. The number of benzene rings is 1. The summed E-state index contributed by atoms with van der Waals surface area (Å²) >= 11 is 0. The third-order valence-electron chi connectivity index (χ3n) is 5.08. The molecule has 8 heteroatoms. The molecule has 1 aromatic carbocycles. The topological polar surface area (TPSA) is 96.7 Å². The number of hydrogen-bond donors (Lipinski definition) is 1. The molecule has 0 spiro atoms. The maximum Gasteiger partial charge on any atom is 0.266 e. The van der Waals surface area contributed by atoms with Gasteiger partial charge >= 0.3 is 0 Å². The van der Waals surface area contributed by atoms with Crippen LogP contribution in [0, 0.1) is 0 Å². The Morgan fingerprint density at radius 2 is 1.96 bits per heavy atom. The van der Waals surface area contributed by atoms with Crippen LogP contribution in [0.15, 0.2) is 40.2 Å². The van der Waals surface area contributed by atoms with E-state index in [-0.39, 0.29) is 23.4 Å². The Hall–Kier alpha value is -3.29. The van der Waals surface area contributed by atoms with Crippen LogP contribution < -0.4 is 15.9 Å². The monoisotopic (exact) mass is 379 g/mol. The van der Waals surface area contributed by atoms with Crippen molar-refractivity contribution in [3.8, 4) is 0 Å².